The number of hydrogen-bond acceptors (Lipinski definition) is 2. The van der Waals surface area contributed by atoms with E-state index in [9.17, 15) is 17.6 Å². The Labute approximate surface area is 302 Å². The zero-order valence-electron chi connectivity index (χ0n) is 27.3. The van der Waals surface area contributed by atoms with E-state index >= 15 is 26.3 Å². The maximum atomic E-state index is 15.3. The molecule has 0 fully saturated rings. The lowest BCUT2D eigenvalue weighted by Crippen LogP contribution is -2.23. The zero-order valence-corrected chi connectivity index (χ0v) is 28.1. The van der Waals surface area contributed by atoms with Crippen molar-refractivity contribution in [3.8, 4) is 44.9 Å². The first-order valence-electron chi connectivity index (χ1n) is 15.8. The van der Waals surface area contributed by atoms with Crippen molar-refractivity contribution in [2.75, 3.05) is 0 Å². The number of unbranched alkanes of at least 4 members (excludes halogenated alkanes) is 1. The summed E-state index contributed by atoms with van der Waals surface area (Å²) in [5.41, 5.74) is -1.50. The van der Waals surface area contributed by atoms with Crippen LogP contribution in [0, 0.1) is 29.1 Å². The van der Waals surface area contributed by atoms with E-state index in [1.807, 2.05) is 18.2 Å². The summed E-state index contributed by atoms with van der Waals surface area (Å²) in [5.74, 6) is -9.27. The van der Waals surface area contributed by atoms with Crippen molar-refractivity contribution in [1.82, 2.24) is 0 Å². The summed E-state index contributed by atoms with van der Waals surface area (Å²) in [6, 6.07) is 14.4. The number of benzene rings is 5. The Kier molecular flexibility index (Phi) is 11.9. The SMILES string of the molecule is C=CCC/C=C/CCc1ccc(-c2cc(F)c(OC(F)(F)c3cc(F)c(-c4ccc(-c5ccc(OC(F)(F)F)c(F)c5)c(F)c4)c(F)c3)c(Cl)c2)cc1. The molecule has 0 amide bonds. The van der Waals surface area contributed by atoms with Crippen LogP contribution in [0.15, 0.2) is 110 Å². The van der Waals surface area contributed by atoms with Crippen molar-refractivity contribution in [2.24, 2.45) is 0 Å². The molecule has 53 heavy (non-hydrogen) atoms. The predicted octanol–water partition coefficient (Wildman–Crippen LogP) is 13.5. The molecule has 276 valence electrons. The highest BCUT2D eigenvalue weighted by Crippen LogP contribution is 2.41. The molecular weight excluding hydrogens is 738 g/mol. The van der Waals surface area contributed by atoms with Crippen molar-refractivity contribution in [3.05, 3.63) is 155 Å². The van der Waals surface area contributed by atoms with Crippen LogP contribution in [0.5, 0.6) is 11.5 Å². The van der Waals surface area contributed by atoms with Crippen molar-refractivity contribution in [1.29, 1.82) is 0 Å². The molecule has 2 nitrogen and oxygen atoms in total. The van der Waals surface area contributed by atoms with Gasteiger partial charge in [0.1, 0.15) is 17.5 Å². The summed E-state index contributed by atoms with van der Waals surface area (Å²) < 4.78 is 151. The molecule has 5 rings (SSSR count). The molecule has 0 heterocycles. The quantitative estimate of drug-likeness (QED) is 0.0675. The Balaban J connectivity index is 1.32. The van der Waals surface area contributed by atoms with Gasteiger partial charge in [-0.15, -0.1) is 19.8 Å². The Hall–Kier alpha value is -5.23. The number of hydrogen-bond donors (Lipinski definition) is 0. The smallest absolute Gasteiger partial charge is 0.424 e. The molecule has 0 spiro atoms. The van der Waals surface area contributed by atoms with Gasteiger partial charge in [-0.25, -0.2) is 22.0 Å². The van der Waals surface area contributed by atoms with Gasteiger partial charge in [-0.2, -0.15) is 8.78 Å². The second-order valence-electron chi connectivity index (χ2n) is 11.7. The van der Waals surface area contributed by atoms with Crippen molar-refractivity contribution < 1.29 is 53.4 Å². The molecule has 0 unspecified atom stereocenters. The van der Waals surface area contributed by atoms with E-state index in [1.54, 1.807) is 12.1 Å². The molecule has 5 aromatic carbocycles. The third-order valence-electron chi connectivity index (χ3n) is 7.92. The topological polar surface area (TPSA) is 18.5 Å². The molecule has 0 saturated carbocycles. The lowest BCUT2D eigenvalue weighted by Gasteiger charge is -2.21. The van der Waals surface area contributed by atoms with Crippen LogP contribution < -0.4 is 9.47 Å². The van der Waals surface area contributed by atoms with Gasteiger partial charge >= 0.3 is 12.5 Å². The summed E-state index contributed by atoms with van der Waals surface area (Å²) in [7, 11) is 0. The fraction of sp³-hybridized carbons (Fsp3) is 0.150. The summed E-state index contributed by atoms with van der Waals surface area (Å²) in [4.78, 5) is 0. The van der Waals surface area contributed by atoms with Gasteiger partial charge in [-0.05, 0) is 96.0 Å². The first kappa shape index (κ1) is 39.0. The second kappa shape index (κ2) is 16.2. The number of rotatable bonds is 13. The van der Waals surface area contributed by atoms with E-state index in [0.717, 1.165) is 55.5 Å². The average molecular weight is 765 g/mol. The van der Waals surface area contributed by atoms with Crippen LogP contribution in [0.4, 0.5) is 43.9 Å². The van der Waals surface area contributed by atoms with Gasteiger partial charge in [0.05, 0.1) is 16.1 Å². The van der Waals surface area contributed by atoms with Gasteiger partial charge in [-0.1, -0.05) is 72.3 Å². The standard InChI is InChI=1S/C40H27ClF10O2/c1-2-3-4-5-6-7-8-23-9-11-24(12-10-23)27-17-30(41)38(35(46)20-27)53-39(47,48)28-21-33(44)37(34(45)22-28)26-13-15-29(31(42)19-26)25-14-16-36(32(43)18-25)52-40(49,50)51/h2,5-6,9-22H,1,3-4,7-8H2/b6-5+. The van der Waals surface area contributed by atoms with Gasteiger partial charge in [0.25, 0.3) is 0 Å². The van der Waals surface area contributed by atoms with E-state index in [4.69, 9.17) is 11.6 Å². The third-order valence-corrected chi connectivity index (χ3v) is 8.20. The fourth-order valence-corrected chi connectivity index (χ4v) is 5.62. The number of allylic oxidation sites excluding steroid dienone is 3. The fourth-order valence-electron chi connectivity index (χ4n) is 5.37. The van der Waals surface area contributed by atoms with E-state index in [2.05, 4.69) is 28.2 Å². The van der Waals surface area contributed by atoms with Gasteiger partial charge in [0, 0.05) is 5.56 Å². The van der Waals surface area contributed by atoms with Crippen molar-refractivity contribution >= 4 is 11.6 Å². The molecule has 0 aliphatic heterocycles. The van der Waals surface area contributed by atoms with Gasteiger partial charge in [-0.3, -0.25) is 0 Å². The maximum Gasteiger partial charge on any atom is 0.573 e. The van der Waals surface area contributed by atoms with Crippen LogP contribution in [-0.4, -0.2) is 6.36 Å². The Bertz CT molecular complexity index is 2100. The van der Waals surface area contributed by atoms with Crippen LogP contribution in [0.1, 0.15) is 30.4 Å². The first-order valence-corrected chi connectivity index (χ1v) is 16.2. The van der Waals surface area contributed by atoms with Crippen LogP contribution in [0.25, 0.3) is 33.4 Å². The predicted molar refractivity (Wildman–Crippen MR) is 182 cm³/mol. The first-order chi connectivity index (χ1) is 25.1. The summed E-state index contributed by atoms with van der Waals surface area (Å²) >= 11 is 6.14. The molecule has 0 aromatic heterocycles. The van der Waals surface area contributed by atoms with Crippen molar-refractivity contribution in [3.63, 3.8) is 0 Å². The Morgan fingerprint density at radius 3 is 1.79 bits per heavy atom. The highest BCUT2D eigenvalue weighted by molar-refractivity contribution is 6.32. The highest BCUT2D eigenvalue weighted by Gasteiger charge is 2.38. The average Bonchev–Trinajstić information content (AvgIpc) is 3.08. The minimum Gasteiger partial charge on any atom is -0.424 e. The van der Waals surface area contributed by atoms with Crippen LogP contribution in [0.3, 0.4) is 0 Å². The lowest BCUT2D eigenvalue weighted by molar-refractivity contribution is -0.275. The molecule has 0 saturated heterocycles. The number of halogens is 11. The molecule has 5 aromatic rings. The minimum absolute atomic E-state index is 0.220. The second-order valence-corrected chi connectivity index (χ2v) is 12.1. The normalized spacial score (nSPS) is 12.0. The molecular formula is C40H27ClF10O2. The molecule has 13 heteroatoms. The Morgan fingerprint density at radius 1 is 0.585 bits per heavy atom. The zero-order chi connectivity index (χ0) is 38.5. The summed E-state index contributed by atoms with van der Waals surface area (Å²) in [5, 5.41) is -0.538. The molecule has 0 aliphatic rings. The molecule has 0 N–H and O–H groups in total. The van der Waals surface area contributed by atoms with E-state index in [1.165, 1.54) is 6.07 Å². The number of aryl methyl sites for hydroxylation is 1. The number of ether oxygens (including phenoxy) is 2. The third kappa shape index (κ3) is 9.61. The molecule has 0 atom stereocenters. The summed E-state index contributed by atoms with van der Waals surface area (Å²) in [6.45, 7) is 3.67. The monoisotopic (exact) mass is 764 g/mol. The molecule has 0 aliphatic carbocycles. The maximum absolute atomic E-state index is 15.3. The van der Waals surface area contributed by atoms with Crippen LogP contribution in [-0.2, 0) is 12.5 Å². The van der Waals surface area contributed by atoms with Crippen LogP contribution >= 0.6 is 11.6 Å². The molecule has 0 radical (unpaired) electrons. The van der Waals surface area contributed by atoms with Crippen molar-refractivity contribution in [2.45, 2.75) is 38.2 Å². The Morgan fingerprint density at radius 2 is 1.19 bits per heavy atom. The largest absolute Gasteiger partial charge is 0.573 e. The highest BCUT2D eigenvalue weighted by atomic mass is 35.5. The molecule has 0 bridgehead atoms. The number of alkyl halides is 5. The van der Waals surface area contributed by atoms with E-state index in [-0.39, 0.29) is 28.8 Å². The summed E-state index contributed by atoms with van der Waals surface area (Å²) in [6.07, 6.45) is -0.329. The van der Waals surface area contributed by atoms with E-state index in [0.29, 0.717) is 23.8 Å². The lowest BCUT2D eigenvalue weighted by atomic mass is 9.97. The van der Waals surface area contributed by atoms with Gasteiger partial charge in [0.2, 0.25) is 0 Å². The minimum atomic E-state index is -5.18. The van der Waals surface area contributed by atoms with Crippen LogP contribution in [0.2, 0.25) is 5.02 Å². The van der Waals surface area contributed by atoms with Gasteiger partial charge < -0.3 is 9.47 Å². The van der Waals surface area contributed by atoms with E-state index < -0.39 is 74.8 Å². The van der Waals surface area contributed by atoms with Gasteiger partial charge in [0.15, 0.2) is 23.1 Å².